The van der Waals surface area contributed by atoms with Crippen molar-refractivity contribution in [1.29, 1.82) is 0 Å². The SMILES string of the molecule is C#CC(C)(C)OCc1nnsc1Cl. The Bertz CT molecular complexity index is 329. The van der Waals surface area contributed by atoms with Gasteiger partial charge in [-0.3, -0.25) is 0 Å². The van der Waals surface area contributed by atoms with Crippen LogP contribution in [0.15, 0.2) is 0 Å². The van der Waals surface area contributed by atoms with Crippen LogP contribution in [-0.2, 0) is 11.3 Å². The summed E-state index contributed by atoms with van der Waals surface area (Å²) in [6, 6.07) is 0. The lowest BCUT2D eigenvalue weighted by Crippen LogP contribution is -2.21. The normalized spacial score (nSPS) is 11.2. The topological polar surface area (TPSA) is 35.0 Å². The second-order valence-corrected chi connectivity index (χ2v) is 4.29. The van der Waals surface area contributed by atoms with Crippen LogP contribution in [0.1, 0.15) is 19.5 Å². The highest BCUT2D eigenvalue weighted by Crippen LogP contribution is 2.20. The molecule has 0 saturated carbocycles. The van der Waals surface area contributed by atoms with Crippen LogP contribution in [0.25, 0.3) is 0 Å². The molecule has 0 unspecified atom stereocenters. The molecule has 3 nitrogen and oxygen atoms in total. The molecule has 1 aromatic rings. The number of nitrogens with zero attached hydrogens (tertiary/aromatic N) is 2. The van der Waals surface area contributed by atoms with Crippen molar-refractivity contribution in [3.63, 3.8) is 0 Å². The molecule has 0 aliphatic carbocycles. The lowest BCUT2D eigenvalue weighted by atomic mass is 10.1. The predicted molar refractivity (Wildman–Crippen MR) is 52.6 cm³/mol. The van der Waals surface area contributed by atoms with Crippen molar-refractivity contribution in [3.8, 4) is 12.3 Å². The molecule has 0 spiro atoms. The number of halogens is 1. The van der Waals surface area contributed by atoms with Crippen LogP contribution >= 0.6 is 23.1 Å². The summed E-state index contributed by atoms with van der Waals surface area (Å²) >= 11 is 6.91. The molecule has 0 saturated heterocycles. The van der Waals surface area contributed by atoms with Crippen molar-refractivity contribution >= 4 is 23.1 Å². The first-order valence-electron chi connectivity index (χ1n) is 3.63. The first kappa shape index (κ1) is 10.5. The molecule has 1 rings (SSSR count). The monoisotopic (exact) mass is 216 g/mol. The lowest BCUT2D eigenvalue weighted by Gasteiger charge is -2.17. The van der Waals surface area contributed by atoms with Crippen LogP contribution in [0.3, 0.4) is 0 Å². The summed E-state index contributed by atoms with van der Waals surface area (Å²) in [4.78, 5) is 0. The standard InChI is InChI=1S/C8H9ClN2OS/c1-4-8(2,3)12-5-6-7(9)13-11-10-6/h1H,5H2,2-3H3. The van der Waals surface area contributed by atoms with Gasteiger partial charge in [-0.25, -0.2) is 0 Å². The maximum absolute atomic E-state index is 5.77. The van der Waals surface area contributed by atoms with Gasteiger partial charge in [-0.05, 0) is 13.8 Å². The van der Waals surface area contributed by atoms with E-state index >= 15 is 0 Å². The summed E-state index contributed by atoms with van der Waals surface area (Å²) < 4.78 is 9.61. The van der Waals surface area contributed by atoms with Gasteiger partial charge in [0.2, 0.25) is 0 Å². The molecule has 1 aromatic heterocycles. The van der Waals surface area contributed by atoms with E-state index in [0.29, 0.717) is 16.6 Å². The van der Waals surface area contributed by atoms with Gasteiger partial charge in [-0.2, -0.15) is 0 Å². The average Bonchev–Trinajstić information content (AvgIpc) is 2.48. The van der Waals surface area contributed by atoms with Gasteiger partial charge in [-0.15, -0.1) is 11.5 Å². The highest BCUT2D eigenvalue weighted by Gasteiger charge is 2.16. The third-order valence-corrected chi connectivity index (χ3v) is 2.41. The average molecular weight is 217 g/mol. The van der Waals surface area contributed by atoms with E-state index in [1.807, 2.05) is 0 Å². The maximum Gasteiger partial charge on any atom is 0.139 e. The van der Waals surface area contributed by atoms with Crippen LogP contribution < -0.4 is 0 Å². The van der Waals surface area contributed by atoms with Crippen LogP contribution in [0.5, 0.6) is 0 Å². The summed E-state index contributed by atoms with van der Waals surface area (Å²) in [6.45, 7) is 3.91. The summed E-state index contributed by atoms with van der Waals surface area (Å²) in [6.07, 6.45) is 5.24. The van der Waals surface area contributed by atoms with Crippen molar-refractivity contribution in [2.24, 2.45) is 0 Å². The Morgan fingerprint density at radius 2 is 2.38 bits per heavy atom. The molecule has 0 aromatic carbocycles. The number of ether oxygens (including phenoxy) is 1. The van der Waals surface area contributed by atoms with E-state index in [9.17, 15) is 0 Å². The number of hydrogen-bond donors (Lipinski definition) is 0. The fourth-order valence-electron chi connectivity index (χ4n) is 0.574. The summed E-state index contributed by atoms with van der Waals surface area (Å²) in [5.41, 5.74) is 0.0439. The molecule has 0 aliphatic rings. The van der Waals surface area contributed by atoms with Gasteiger partial charge in [0.25, 0.3) is 0 Å². The maximum atomic E-state index is 5.77. The van der Waals surface area contributed by atoms with Gasteiger partial charge in [0.15, 0.2) is 0 Å². The molecular weight excluding hydrogens is 208 g/mol. The summed E-state index contributed by atoms with van der Waals surface area (Å²) in [7, 11) is 0. The minimum absolute atomic E-state index is 0.298. The van der Waals surface area contributed by atoms with Crippen LogP contribution in [-0.4, -0.2) is 15.2 Å². The molecule has 0 atom stereocenters. The Kier molecular flexibility index (Phi) is 3.26. The fraction of sp³-hybridized carbons (Fsp3) is 0.500. The fourth-order valence-corrected chi connectivity index (χ4v) is 1.17. The Morgan fingerprint density at radius 1 is 1.69 bits per heavy atom. The molecule has 0 amide bonds. The van der Waals surface area contributed by atoms with Crippen molar-refractivity contribution in [3.05, 3.63) is 10.0 Å². The zero-order valence-electron chi connectivity index (χ0n) is 7.37. The van der Waals surface area contributed by atoms with E-state index in [2.05, 4.69) is 15.5 Å². The number of aromatic nitrogens is 2. The molecule has 70 valence electrons. The third-order valence-electron chi connectivity index (χ3n) is 1.43. The van der Waals surface area contributed by atoms with Crippen molar-refractivity contribution < 1.29 is 4.74 Å². The molecule has 1 heterocycles. The number of hydrogen-bond acceptors (Lipinski definition) is 4. The summed E-state index contributed by atoms with van der Waals surface area (Å²) in [5, 5.41) is 3.80. The van der Waals surface area contributed by atoms with E-state index in [0.717, 1.165) is 11.5 Å². The Balaban J connectivity index is 2.54. The summed E-state index contributed by atoms with van der Waals surface area (Å²) in [5.74, 6) is 2.51. The van der Waals surface area contributed by atoms with Crippen LogP contribution in [0.2, 0.25) is 4.34 Å². The Morgan fingerprint density at radius 3 is 2.85 bits per heavy atom. The second-order valence-electron chi connectivity index (χ2n) is 2.94. The number of rotatable bonds is 3. The molecular formula is C8H9ClN2OS. The first-order chi connectivity index (χ1) is 6.05. The smallest absolute Gasteiger partial charge is 0.139 e. The van der Waals surface area contributed by atoms with Gasteiger partial charge in [0.1, 0.15) is 15.6 Å². The molecule has 13 heavy (non-hydrogen) atoms. The van der Waals surface area contributed by atoms with Gasteiger partial charge >= 0.3 is 0 Å². The van der Waals surface area contributed by atoms with E-state index in [-0.39, 0.29) is 0 Å². The lowest BCUT2D eigenvalue weighted by molar-refractivity contribution is 0.0128. The van der Waals surface area contributed by atoms with E-state index < -0.39 is 5.60 Å². The third kappa shape index (κ3) is 2.96. The number of terminal acetylenes is 1. The second kappa shape index (κ2) is 4.05. The van der Waals surface area contributed by atoms with E-state index in [4.69, 9.17) is 22.8 Å². The van der Waals surface area contributed by atoms with Gasteiger partial charge in [0.05, 0.1) is 6.61 Å². The minimum atomic E-state index is -0.590. The van der Waals surface area contributed by atoms with Crippen molar-refractivity contribution in [2.75, 3.05) is 0 Å². The molecule has 0 N–H and O–H groups in total. The first-order valence-corrected chi connectivity index (χ1v) is 4.79. The van der Waals surface area contributed by atoms with Crippen molar-refractivity contribution in [1.82, 2.24) is 9.59 Å². The molecule has 0 aliphatic heterocycles. The zero-order valence-corrected chi connectivity index (χ0v) is 8.95. The van der Waals surface area contributed by atoms with Crippen molar-refractivity contribution in [2.45, 2.75) is 26.1 Å². The molecule has 0 bridgehead atoms. The molecule has 5 heteroatoms. The van der Waals surface area contributed by atoms with Crippen LogP contribution in [0.4, 0.5) is 0 Å². The minimum Gasteiger partial charge on any atom is -0.357 e. The zero-order chi connectivity index (χ0) is 9.90. The van der Waals surface area contributed by atoms with Gasteiger partial charge in [-0.1, -0.05) is 22.0 Å². The molecule has 0 radical (unpaired) electrons. The van der Waals surface area contributed by atoms with Gasteiger partial charge < -0.3 is 4.74 Å². The highest BCUT2D eigenvalue weighted by atomic mass is 35.5. The van der Waals surface area contributed by atoms with Crippen LogP contribution in [0, 0.1) is 12.3 Å². The largest absolute Gasteiger partial charge is 0.357 e. The quantitative estimate of drug-likeness (QED) is 0.726. The highest BCUT2D eigenvalue weighted by molar-refractivity contribution is 7.10. The molecule has 0 fully saturated rings. The van der Waals surface area contributed by atoms with Gasteiger partial charge in [0, 0.05) is 11.5 Å². The predicted octanol–water partition coefficient (Wildman–Crippen LogP) is 2.12. The van der Waals surface area contributed by atoms with E-state index in [1.165, 1.54) is 0 Å². The Labute approximate surface area is 86.2 Å². The van der Waals surface area contributed by atoms with E-state index in [1.54, 1.807) is 13.8 Å². The Hall–Kier alpha value is -0.630.